The highest BCUT2D eigenvalue weighted by atomic mass is 16.5. The molecular weight excluding hydrogens is 278 g/mol. The number of carbonyl (C=O) groups is 1. The van der Waals surface area contributed by atoms with Crippen LogP contribution in [-0.2, 0) is 11.2 Å². The maximum Gasteiger partial charge on any atom is 0.228 e. The van der Waals surface area contributed by atoms with Gasteiger partial charge in [-0.25, -0.2) is 0 Å². The molecule has 1 N–H and O–H groups in total. The number of methoxy groups -OCH3 is 2. The van der Waals surface area contributed by atoms with Crippen molar-refractivity contribution >= 4 is 11.6 Å². The van der Waals surface area contributed by atoms with E-state index in [-0.39, 0.29) is 12.3 Å². The molecule has 0 aromatic heterocycles. The first-order valence-corrected chi connectivity index (χ1v) is 7.12. The van der Waals surface area contributed by atoms with Crippen LogP contribution in [0.5, 0.6) is 11.5 Å². The predicted molar refractivity (Wildman–Crippen MR) is 87.8 cm³/mol. The van der Waals surface area contributed by atoms with Crippen molar-refractivity contribution < 1.29 is 14.3 Å². The Morgan fingerprint density at radius 3 is 2.55 bits per heavy atom. The van der Waals surface area contributed by atoms with E-state index < -0.39 is 0 Å². The van der Waals surface area contributed by atoms with Gasteiger partial charge in [0.25, 0.3) is 0 Å². The van der Waals surface area contributed by atoms with E-state index in [9.17, 15) is 4.79 Å². The zero-order valence-electron chi connectivity index (χ0n) is 13.4. The molecule has 4 heteroatoms. The Hall–Kier alpha value is -2.49. The SMILES string of the molecule is COc1ccc(OC)c(CC(=O)Nc2cccc(C)c2C)c1. The largest absolute Gasteiger partial charge is 0.497 e. The molecule has 2 aromatic carbocycles. The summed E-state index contributed by atoms with van der Waals surface area (Å²) in [4.78, 5) is 12.3. The molecule has 0 atom stereocenters. The number of rotatable bonds is 5. The van der Waals surface area contributed by atoms with Crippen molar-refractivity contribution in [3.8, 4) is 11.5 Å². The molecule has 22 heavy (non-hydrogen) atoms. The predicted octanol–water partition coefficient (Wildman–Crippen LogP) is 3.50. The van der Waals surface area contributed by atoms with E-state index in [1.807, 2.05) is 44.2 Å². The van der Waals surface area contributed by atoms with Crippen molar-refractivity contribution in [3.05, 3.63) is 53.1 Å². The summed E-state index contributed by atoms with van der Waals surface area (Å²) in [5.41, 5.74) is 3.86. The molecular formula is C18H21NO3. The lowest BCUT2D eigenvalue weighted by molar-refractivity contribution is -0.115. The van der Waals surface area contributed by atoms with Gasteiger partial charge in [-0.3, -0.25) is 4.79 Å². The first kappa shape index (κ1) is 15.9. The Labute approximate surface area is 131 Å². The van der Waals surface area contributed by atoms with Gasteiger partial charge >= 0.3 is 0 Å². The molecule has 0 fully saturated rings. The van der Waals surface area contributed by atoms with Gasteiger partial charge in [-0.1, -0.05) is 12.1 Å². The van der Waals surface area contributed by atoms with E-state index in [0.29, 0.717) is 11.5 Å². The second kappa shape index (κ2) is 6.98. The van der Waals surface area contributed by atoms with Crippen molar-refractivity contribution in [2.75, 3.05) is 19.5 Å². The van der Waals surface area contributed by atoms with E-state index >= 15 is 0 Å². The third-order valence-corrected chi connectivity index (χ3v) is 3.72. The van der Waals surface area contributed by atoms with Crippen molar-refractivity contribution in [3.63, 3.8) is 0 Å². The molecule has 4 nitrogen and oxygen atoms in total. The van der Waals surface area contributed by atoms with Gasteiger partial charge in [-0.05, 0) is 49.2 Å². The number of benzene rings is 2. The van der Waals surface area contributed by atoms with Gasteiger partial charge in [0.15, 0.2) is 0 Å². The van der Waals surface area contributed by atoms with Crippen molar-refractivity contribution in [1.82, 2.24) is 0 Å². The third kappa shape index (κ3) is 3.58. The normalized spacial score (nSPS) is 10.2. The Bertz CT molecular complexity index is 680. The summed E-state index contributed by atoms with van der Waals surface area (Å²) >= 11 is 0. The van der Waals surface area contributed by atoms with E-state index in [2.05, 4.69) is 5.32 Å². The molecule has 2 aromatic rings. The van der Waals surface area contributed by atoms with Gasteiger partial charge < -0.3 is 14.8 Å². The first-order chi connectivity index (χ1) is 10.5. The summed E-state index contributed by atoms with van der Waals surface area (Å²) in [5, 5.41) is 2.95. The van der Waals surface area contributed by atoms with Crippen LogP contribution in [0.3, 0.4) is 0 Å². The van der Waals surface area contributed by atoms with Gasteiger partial charge in [-0.15, -0.1) is 0 Å². The molecule has 0 saturated carbocycles. The van der Waals surface area contributed by atoms with Gasteiger partial charge in [0.1, 0.15) is 11.5 Å². The lowest BCUT2D eigenvalue weighted by Crippen LogP contribution is -2.16. The molecule has 0 heterocycles. The van der Waals surface area contributed by atoms with E-state index in [1.54, 1.807) is 20.3 Å². The molecule has 116 valence electrons. The highest BCUT2D eigenvalue weighted by Gasteiger charge is 2.11. The quantitative estimate of drug-likeness (QED) is 0.919. The van der Waals surface area contributed by atoms with Gasteiger partial charge in [0.05, 0.1) is 20.6 Å². The Kier molecular flexibility index (Phi) is 5.04. The van der Waals surface area contributed by atoms with Gasteiger partial charge in [-0.2, -0.15) is 0 Å². The van der Waals surface area contributed by atoms with Crippen LogP contribution in [-0.4, -0.2) is 20.1 Å². The average molecular weight is 299 g/mol. The molecule has 1 amide bonds. The number of ether oxygens (including phenoxy) is 2. The minimum atomic E-state index is -0.0831. The van der Waals surface area contributed by atoms with Crippen molar-refractivity contribution in [1.29, 1.82) is 0 Å². The summed E-state index contributed by atoms with van der Waals surface area (Å²) in [7, 11) is 3.19. The summed E-state index contributed by atoms with van der Waals surface area (Å²) in [6, 6.07) is 11.3. The van der Waals surface area contributed by atoms with Crippen LogP contribution >= 0.6 is 0 Å². The Morgan fingerprint density at radius 1 is 1.09 bits per heavy atom. The van der Waals surface area contributed by atoms with Crippen LogP contribution in [0, 0.1) is 13.8 Å². The fraction of sp³-hybridized carbons (Fsp3) is 0.278. The van der Waals surface area contributed by atoms with E-state index in [4.69, 9.17) is 9.47 Å². The van der Waals surface area contributed by atoms with E-state index in [0.717, 1.165) is 22.4 Å². The number of hydrogen-bond acceptors (Lipinski definition) is 3. The minimum Gasteiger partial charge on any atom is -0.497 e. The molecule has 0 aliphatic carbocycles. The van der Waals surface area contributed by atoms with Crippen LogP contribution < -0.4 is 14.8 Å². The fourth-order valence-electron chi connectivity index (χ4n) is 2.27. The highest BCUT2D eigenvalue weighted by Crippen LogP contribution is 2.25. The van der Waals surface area contributed by atoms with Crippen LogP contribution in [0.2, 0.25) is 0 Å². The Balaban J connectivity index is 2.16. The maximum atomic E-state index is 12.3. The smallest absolute Gasteiger partial charge is 0.228 e. The molecule has 0 radical (unpaired) electrons. The lowest BCUT2D eigenvalue weighted by Gasteiger charge is -2.12. The number of amides is 1. The monoisotopic (exact) mass is 299 g/mol. The standard InChI is InChI=1S/C18H21NO3/c1-12-6-5-7-16(13(12)2)19-18(20)11-14-10-15(21-3)8-9-17(14)22-4/h5-10H,11H2,1-4H3,(H,19,20). The molecule has 0 unspecified atom stereocenters. The summed E-state index contributed by atoms with van der Waals surface area (Å²) in [5.74, 6) is 1.30. The van der Waals surface area contributed by atoms with Gasteiger partial charge in [0, 0.05) is 11.3 Å². The maximum absolute atomic E-state index is 12.3. The summed E-state index contributed by atoms with van der Waals surface area (Å²) in [6.45, 7) is 4.02. The van der Waals surface area contributed by atoms with E-state index in [1.165, 1.54) is 0 Å². The zero-order valence-corrected chi connectivity index (χ0v) is 13.4. The Morgan fingerprint density at radius 2 is 1.86 bits per heavy atom. The van der Waals surface area contributed by atoms with Crippen molar-refractivity contribution in [2.24, 2.45) is 0 Å². The molecule has 0 saturated heterocycles. The number of nitrogens with one attached hydrogen (secondary N) is 1. The van der Waals surface area contributed by atoms with Crippen LogP contribution in [0.1, 0.15) is 16.7 Å². The van der Waals surface area contributed by atoms with Crippen LogP contribution in [0.25, 0.3) is 0 Å². The lowest BCUT2D eigenvalue weighted by atomic mass is 10.1. The summed E-state index contributed by atoms with van der Waals surface area (Å²) < 4.78 is 10.5. The molecule has 0 aliphatic heterocycles. The number of carbonyl (C=O) groups excluding carboxylic acids is 1. The molecule has 0 bridgehead atoms. The molecule has 0 aliphatic rings. The average Bonchev–Trinajstić information content (AvgIpc) is 2.51. The fourth-order valence-corrected chi connectivity index (χ4v) is 2.27. The van der Waals surface area contributed by atoms with Crippen molar-refractivity contribution in [2.45, 2.75) is 20.3 Å². The zero-order chi connectivity index (χ0) is 16.1. The number of anilines is 1. The van der Waals surface area contributed by atoms with Crippen LogP contribution in [0.4, 0.5) is 5.69 Å². The second-order valence-corrected chi connectivity index (χ2v) is 5.15. The minimum absolute atomic E-state index is 0.0831. The number of hydrogen-bond donors (Lipinski definition) is 1. The summed E-state index contributed by atoms with van der Waals surface area (Å²) in [6.07, 6.45) is 0.230. The third-order valence-electron chi connectivity index (χ3n) is 3.72. The molecule has 2 rings (SSSR count). The number of aryl methyl sites for hydroxylation is 1. The van der Waals surface area contributed by atoms with Gasteiger partial charge in [0.2, 0.25) is 5.91 Å². The molecule has 0 spiro atoms. The topological polar surface area (TPSA) is 47.6 Å². The van der Waals surface area contributed by atoms with Crippen LogP contribution in [0.15, 0.2) is 36.4 Å². The second-order valence-electron chi connectivity index (χ2n) is 5.15. The highest BCUT2D eigenvalue weighted by molar-refractivity contribution is 5.93. The first-order valence-electron chi connectivity index (χ1n) is 7.12.